The van der Waals surface area contributed by atoms with Gasteiger partial charge < -0.3 is 15.4 Å². The maximum Gasteiger partial charge on any atom is 0.243 e. The highest BCUT2D eigenvalue weighted by Crippen LogP contribution is 2.23. The molecule has 0 radical (unpaired) electrons. The fourth-order valence-corrected chi connectivity index (χ4v) is 3.95. The fourth-order valence-electron chi connectivity index (χ4n) is 2.15. The van der Waals surface area contributed by atoms with E-state index in [4.69, 9.17) is 10.3 Å². The van der Waals surface area contributed by atoms with Gasteiger partial charge in [-0.1, -0.05) is 26.8 Å². The molecular formula is C15H27N2O4PS. The van der Waals surface area contributed by atoms with E-state index in [1.807, 2.05) is 20.8 Å². The lowest BCUT2D eigenvalue weighted by Crippen LogP contribution is -2.46. The molecule has 0 spiro atoms. The SMILES string of the molecule is CC[C@H](N)[C@H](O)CN(CC(C)C)S(=O)(=O)c1cccc(OP)c1. The molecule has 0 aromatic heterocycles. The summed E-state index contributed by atoms with van der Waals surface area (Å²) in [7, 11) is -1.65. The zero-order valence-electron chi connectivity index (χ0n) is 13.8. The van der Waals surface area contributed by atoms with Crippen LogP contribution >= 0.6 is 9.47 Å². The van der Waals surface area contributed by atoms with Crippen LogP contribution in [-0.2, 0) is 10.0 Å². The Labute approximate surface area is 141 Å². The van der Waals surface area contributed by atoms with E-state index in [0.29, 0.717) is 18.7 Å². The zero-order chi connectivity index (χ0) is 17.6. The van der Waals surface area contributed by atoms with Crippen LogP contribution in [0.2, 0.25) is 0 Å². The quantitative estimate of drug-likeness (QED) is 0.651. The molecule has 0 saturated heterocycles. The zero-order valence-corrected chi connectivity index (χ0v) is 15.8. The van der Waals surface area contributed by atoms with Gasteiger partial charge in [-0.25, -0.2) is 8.42 Å². The molecule has 0 aliphatic rings. The molecule has 0 aliphatic heterocycles. The number of nitrogens with two attached hydrogens (primary N) is 1. The number of aliphatic hydroxyl groups is 1. The topological polar surface area (TPSA) is 92.9 Å². The highest BCUT2D eigenvalue weighted by Gasteiger charge is 2.29. The van der Waals surface area contributed by atoms with Crippen LogP contribution in [0.5, 0.6) is 5.75 Å². The molecule has 1 aromatic rings. The van der Waals surface area contributed by atoms with Crippen LogP contribution in [0.15, 0.2) is 29.2 Å². The second-order valence-electron chi connectivity index (χ2n) is 5.95. The standard InChI is InChI=1S/C15H27N2O4PS/c1-4-14(16)15(18)10-17(9-11(2)3)23(19,20)13-7-5-6-12(8-13)21-22/h5-8,11,14-15,18H,4,9-10,16,22H2,1-3H3/t14-,15+/m0/s1. The molecular weight excluding hydrogens is 335 g/mol. The molecule has 3 N–H and O–H groups in total. The normalized spacial score (nSPS) is 15.0. The summed E-state index contributed by atoms with van der Waals surface area (Å²) in [6.45, 7) is 5.99. The molecule has 1 unspecified atom stereocenters. The average molecular weight is 362 g/mol. The first kappa shape index (κ1) is 20.3. The van der Waals surface area contributed by atoms with E-state index in [-0.39, 0.29) is 17.4 Å². The lowest BCUT2D eigenvalue weighted by Gasteiger charge is -2.28. The second kappa shape index (κ2) is 8.94. The summed E-state index contributed by atoms with van der Waals surface area (Å²) in [5, 5.41) is 10.2. The Bertz CT molecular complexity index is 595. The third-order valence-corrected chi connectivity index (χ3v) is 5.60. The molecule has 0 aliphatic carbocycles. The van der Waals surface area contributed by atoms with Gasteiger partial charge in [0.2, 0.25) is 10.0 Å². The van der Waals surface area contributed by atoms with Crippen LogP contribution in [0.1, 0.15) is 27.2 Å². The van der Waals surface area contributed by atoms with E-state index in [9.17, 15) is 13.5 Å². The van der Waals surface area contributed by atoms with Gasteiger partial charge in [0.1, 0.15) is 5.75 Å². The molecule has 6 nitrogen and oxygen atoms in total. The van der Waals surface area contributed by atoms with Gasteiger partial charge in [0.05, 0.1) is 20.5 Å². The van der Waals surface area contributed by atoms with Gasteiger partial charge >= 0.3 is 0 Å². The van der Waals surface area contributed by atoms with Crippen molar-refractivity contribution >= 4 is 19.5 Å². The number of hydrogen-bond donors (Lipinski definition) is 2. The first-order valence-corrected chi connectivity index (χ1v) is 9.54. The molecule has 0 amide bonds. The maximum absolute atomic E-state index is 12.9. The van der Waals surface area contributed by atoms with Gasteiger partial charge in [-0.05, 0) is 24.5 Å². The van der Waals surface area contributed by atoms with Crippen LogP contribution in [-0.4, -0.2) is 43.1 Å². The van der Waals surface area contributed by atoms with Gasteiger partial charge in [0.15, 0.2) is 0 Å². The molecule has 0 fully saturated rings. The highest BCUT2D eigenvalue weighted by atomic mass is 32.2. The van der Waals surface area contributed by atoms with Crippen molar-refractivity contribution in [1.29, 1.82) is 0 Å². The van der Waals surface area contributed by atoms with Crippen molar-refractivity contribution in [1.82, 2.24) is 4.31 Å². The Morgan fingerprint density at radius 1 is 1.35 bits per heavy atom. The van der Waals surface area contributed by atoms with Crippen LogP contribution in [0.25, 0.3) is 0 Å². The average Bonchev–Trinajstić information content (AvgIpc) is 2.52. The molecule has 8 heteroatoms. The van der Waals surface area contributed by atoms with Crippen molar-refractivity contribution in [2.24, 2.45) is 11.7 Å². The third-order valence-electron chi connectivity index (χ3n) is 3.50. The number of aliphatic hydroxyl groups excluding tert-OH is 1. The summed E-state index contributed by atoms with van der Waals surface area (Å²) in [5.41, 5.74) is 5.83. The lowest BCUT2D eigenvalue weighted by molar-refractivity contribution is 0.115. The summed E-state index contributed by atoms with van der Waals surface area (Å²) < 4.78 is 32.1. The van der Waals surface area contributed by atoms with Crippen LogP contribution in [0.4, 0.5) is 0 Å². The summed E-state index contributed by atoms with van der Waals surface area (Å²) in [6.07, 6.45) is -0.331. The first-order valence-electron chi connectivity index (χ1n) is 7.63. The van der Waals surface area contributed by atoms with Gasteiger partial charge in [-0.15, -0.1) is 0 Å². The largest absolute Gasteiger partial charge is 0.480 e. The number of nitrogens with zero attached hydrogens (tertiary/aromatic N) is 1. The van der Waals surface area contributed by atoms with Crippen molar-refractivity contribution in [3.8, 4) is 5.75 Å². The number of sulfonamides is 1. The van der Waals surface area contributed by atoms with Crippen molar-refractivity contribution in [3.05, 3.63) is 24.3 Å². The Balaban J connectivity index is 3.12. The van der Waals surface area contributed by atoms with Gasteiger partial charge in [-0.3, -0.25) is 0 Å². The predicted octanol–water partition coefficient (Wildman–Crippen LogP) is 1.60. The molecule has 1 rings (SSSR count). The predicted molar refractivity (Wildman–Crippen MR) is 94.7 cm³/mol. The van der Waals surface area contributed by atoms with Gasteiger partial charge in [0, 0.05) is 25.2 Å². The van der Waals surface area contributed by atoms with E-state index in [2.05, 4.69) is 9.47 Å². The summed E-state index contributed by atoms with van der Waals surface area (Å²) in [5.74, 6) is 0.558. The summed E-state index contributed by atoms with van der Waals surface area (Å²) >= 11 is 0. The smallest absolute Gasteiger partial charge is 0.243 e. The lowest BCUT2D eigenvalue weighted by atomic mass is 10.1. The maximum atomic E-state index is 12.9. The van der Waals surface area contributed by atoms with E-state index in [0.717, 1.165) is 0 Å². The molecule has 132 valence electrons. The number of benzene rings is 1. The minimum atomic E-state index is -3.74. The Kier molecular flexibility index (Phi) is 7.90. The monoisotopic (exact) mass is 362 g/mol. The van der Waals surface area contributed by atoms with Crippen molar-refractivity contribution in [2.45, 2.75) is 44.2 Å². The van der Waals surface area contributed by atoms with Crippen molar-refractivity contribution < 1.29 is 18.0 Å². The molecule has 0 bridgehead atoms. The number of rotatable bonds is 9. The Hall–Kier alpha value is -0.720. The Morgan fingerprint density at radius 2 is 2.00 bits per heavy atom. The van der Waals surface area contributed by atoms with E-state index in [1.165, 1.54) is 16.4 Å². The van der Waals surface area contributed by atoms with Crippen molar-refractivity contribution in [2.75, 3.05) is 13.1 Å². The van der Waals surface area contributed by atoms with E-state index in [1.54, 1.807) is 12.1 Å². The highest BCUT2D eigenvalue weighted by molar-refractivity contribution is 7.89. The number of hydrogen-bond acceptors (Lipinski definition) is 5. The van der Waals surface area contributed by atoms with E-state index < -0.39 is 22.2 Å². The summed E-state index contributed by atoms with van der Waals surface area (Å²) in [6, 6.07) is 5.81. The Morgan fingerprint density at radius 3 is 2.52 bits per heavy atom. The van der Waals surface area contributed by atoms with Crippen LogP contribution in [0.3, 0.4) is 0 Å². The third kappa shape index (κ3) is 5.69. The molecule has 0 saturated carbocycles. The van der Waals surface area contributed by atoms with Crippen molar-refractivity contribution in [3.63, 3.8) is 0 Å². The molecule has 3 atom stereocenters. The second-order valence-corrected chi connectivity index (χ2v) is 8.12. The first-order chi connectivity index (χ1) is 10.7. The van der Waals surface area contributed by atoms with E-state index >= 15 is 0 Å². The fraction of sp³-hybridized carbons (Fsp3) is 0.600. The minimum Gasteiger partial charge on any atom is -0.480 e. The van der Waals surface area contributed by atoms with Gasteiger partial charge in [-0.2, -0.15) is 4.31 Å². The minimum absolute atomic E-state index is 0.0263. The summed E-state index contributed by atoms with van der Waals surface area (Å²) in [4.78, 5) is 0.135. The van der Waals surface area contributed by atoms with Crippen LogP contribution in [0, 0.1) is 5.92 Å². The molecule has 1 aromatic carbocycles. The molecule has 0 heterocycles. The molecule has 23 heavy (non-hydrogen) atoms. The van der Waals surface area contributed by atoms with Gasteiger partial charge in [0.25, 0.3) is 0 Å². The van der Waals surface area contributed by atoms with Crippen LogP contribution < -0.4 is 10.3 Å².